The van der Waals surface area contributed by atoms with Crippen LogP contribution in [0.15, 0.2) is 18.2 Å². The van der Waals surface area contributed by atoms with Gasteiger partial charge in [-0.1, -0.05) is 17.7 Å². The fourth-order valence-corrected chi connectivity index (χ4v) is 2.91. The molecule has 17 heavy (non-hydrogen) atoms. The van der Waals surface area contributed by atoms with Crippen LogP contribution in [0, 0.1) is 5.41 Å². The average molecular weight is 252 g/mol. The lowest BCUT2D eigenvalue weighted by Crippen LogP contribution is -2.43. The number of nitrogens with one attached hydrogen (secondary N) is 2. The predicted molar refractivity (Wildman–Crippen MR) is 70.4 cm³/mol. The van der Waals surface area contributed by atoms with Crippen LogP contribution in [-0.4, -0.2) is 24.1 Å². The van der Waals surface area contributed by atoms with Crippen LogP contribution in [0.5, 0.6) is 0 Å². The Kier molecular flexibility index (Phi) is 2.97. The van der Waals surface area contributed by atoms with E-state index in [1.807, 2.05) is 12.1 Å². The van der Waals surface area contributed by atoms with Gasteiger partial charge < -0.3 is 10.6 Å². The molecule has 1 aromatic rings. The van der Waals surface area contributed by atoms with Crippen molar-refractivity contribution < 1.29 is 0 Å². The molecule has 2 heterocycles. The molecule has 3 rings (SSSR count). The molecule has 0 aromatic carbocycles. The number of rotatable bonds is 3. The van der Waals surface area contributed by atoms with Crippen LogP contribution in [0.1, 0.15) is 25.7 Å². The zero-order valence-corrected chi connectivity index (χ0v) is 10.6. The molecule has 0 amide bonds. The lowest BCUT2D eigenvalue weighted by atomic mass is 9.89. The van der Waals surface area contributed by atoms with Gasteiger partial charge in [0.25, 0.3) is 0 Å². The zero-order chi connectivity index (χ0) is 11.7. The minimum absolute atomic E-state index is 0.547. The van der Waals surface area contributed by atoms with Crippen molar-refractivity contribution in [2.45, 2.75) is 31.7 Å². The van der Waals surface area contributed by atoms with Gasteiger partial charge in [-0.2, -0.15) is 0 Å². The minimum atomic E-state index is 0.547. The SMILES string of the molecule is Clc1cccc(NC[C@@H]2CC3(CCN2)CC3)n1. The summed E-state index contributed by atoms with van der Waals surface area (Å²) in [5.74, 6) is 0.870. The van der Waals surface area contributed by atoms with Gasteiger partial charge in [-0.15, -0.1) is 0 Å². The summed E-state index contributed by atoms with van der Waals surface area (Å²) in [5.41, 5.74) is 0.694. The quantitative estimate of drug-likeness (QED) is 0.811. The van der Waals surface area contributed by atoms with Crippen molar-refractivity contribution in [3.8, 4) is 0 Å². The molecule has 4 heteroatoms. The van der Waals surface area contributed by atoms with E-state index in [1.54, 1.807) is 6.07 Å². The number of anilines is 1. The Hall–Kier alpha value is -0.800. The average Bonchev–Trinajstić information content (AvgIpc) is 3.06. The van der Waals surface area contributed by atoms with Crippen LogP contribution in [0.3, 0.4) is 0 Å². The van der Waals surface area contributed by atoms with E-state index in [1.165, 1.54) is 25.7 Å². The van der Waals surface area contributed by atoms with E-state index in [4.69, 9.17) is 11.6 Å². The van der Waals surface area contributed by atoms with Gasteiger partial charge in [-0.05, 0) is 49.8 Å². The topological polar surface area (TPSA) is 37.0 Å². The fourth-order valence-electron chi connectivity index (χ4n) is 2.75. The minimum Gasteiger partial charge on any atom is -0.368 e. The van der Waals surface area contributed by atoms with Crippen molar-refractivity contribution in [2.75, 3.05) is 18.4 Å². The maximum atomic E-state index is 5.85. The van der Waals surface area contributed by atoms with Gasteiger partial charge in [0.15, 0.2) is 0 Å². The first kappa shape index (κ1) is 11.3. The summed E-state index contributed by atoms with van der Waals surface area (Å²) in [7, 11) is 0. The molecule has 1 aliphatic heterocycles. The molecule has 1 spiro atoms. The second-order valence-corrected chi connectivity index (χ2v) is 5.72. The van der Waals surface area contributed by atoms with E-state index < -0.39 is 0 Å². The molecular formula is C13H18ClN3. The molecule has 1 aromatic heterocycles. The van der Waals surface area contributed by atoms with E-state index in [-0.39, 0.29) is 0 Å². The standard InChI is InChI=1S/C13H18ClN3/c14-11-2-1-3-12(17-11)16-9-10-8-13(4-5-13)6-7-15-10/h1-3,10,15H,4-9H2,(H,16,17)/t10-/m0/s1. The predicted octanol–water partition coefficient (Wildman–Crippen LogP) is 2.68. The Balaban J connectivity index is 1.53. The number of pyridine rings is 1. The molecule has 3 nitrogen and oxygen atoms in total. The monoisotopic (exact) mass is 251 g/mol. The highest BCUT2D eigenvalue weighted by Crippen LogP contribution is 2.53. The number of halogens is 1. The van der Waals surface area contributed by atoms with E-state index in [0.29, 0.717) is 16.6 Å². The van der Waals surface area contributed by atoms with E-state index in [9.17, 15) is 0 Å². The van der Waals surface area contributed by atoms with Crippen molar-refractivity contribution in [2.24, 2.45) is 5.41 Å². The van der Waals surface area contributed by atoms with Crippen molar-refractivity contribution in [1.82, 2.24) is 10.3 Å². The van der Waals surface area contributed by atoms with Gasteiger partial charge in [-0.25, -0.2) is 4.98 Å². The molecule has 2 N–H and O–H groups in total. The Labute approximate surface area is 107 Å². The third-order valence-electron chi connectivity index (χ3n) is 3.97. The molecular weight excluding hydrogens is 234 g/mol. The smallest absolute Gasteiger partial charge is 0.131 e. The highest BCUT2D eigenvalue weighted by Gasteiger charge is 2.45. The number of aromatic nitrogens is 1. The lowest BCUT2D eigenvalue weighted by molar-refractivity contribution is 0.290. The van der Waals surface area contributed by atoms with Gasteiger partial charge in [0, 0.05) is 12.6 Å². The van der Waals surface area contributed by atoms with Crippen molar-refractivity contribution >= 4 is 17.4 Å². The van der Waals surface area contributed by atoms with Crippen molar-refractivity contribution in [3.63, 3.8) is 0 Å². The van der Waals surface area contributed by atoms with Crippen LogP contribution in [-0.2, 0) is 0 Å². The van der Waals surface area contributed by atoms with Gasteiger partial charge in [0.2, 0.25) is 0 Å². The summed E-state index contributed by atoms with van der Waals surface area (Å²) in [5, 5.41) is 7.49. The lowest BCUT2D eigenvalue weighted by Gasteiger charge is -2.30. The Morgan fingerprint density at radius 2 is 2.29 bits per heavy atom. The molecule has 2 aliphatic rings. The fraction of sp³-hybridized carbons (Fsp3) is 0.615. The molecule has 92 valence electrons. The number of piperidine rings is 1. The highest BCUT2D eigenvalue weighted by molar-refractivity contribution is 6.29. The third kappa shape index (κ3) is 2.72. The summed E-state index contributed by atoms with van der Waals surface area (Å²) in [6.07, 6.45) is 5.53. The van der Waals surface area contributed by atoms with Gasteiger partial charge in [-0.3, -0.25) is 0 Å². The summed E-state index contributed by atoms with van der Waals surface area (Å²) < 4.78 is 0. The number of hydrogen-bond acceptors (Lipinski definition) is 3. The van der Waals surface area contributed by atoms with Gasteiger partial charge >= 0.3 is 0 Å². The maximum absolute atomic E-state index is 5.85. The second kappa shape index (κ2) is 4.46. The molecule has 0 unspecified atom stereocenters. The van der Waals surface area contributed by atoms with Gasteiger partial charge in [0.1, 0.15) is 11.0 Å². The Bertz CT molecular complexity index is 403. The maximum Gasteiger partial charge on any atom is 0.131 e. The van der Waals surface area contributed by atoms with E-state index >= 15 is 0 Å². The molecule has 0 radical (unpaired) electrons. The molecule has 1 atom stereocenters. The second-order valence-electron chi connectivity index (χ2n) is 5.33. The largest absolute Gasteiger partial charge is 0.368 e. The number of hydrogen-bond donors (Lipinski definition) is 2. The van der Waals surface area contributed by atoms with Crippen LogP contribution < -0.4 is 10.6 Å². The van der Waals surface area contributed by atoms with Crippen LogP contribution in [0.2, 0.25) is 5.15 Å². The summed E-state index contributed by atoms with van der Waals surface area (Å²) in [6, 6.07) is 6.26. The first-order valence-electron chi connectivity index (χ1n) is 6.36. The first-order chi connectivity index (χ1) is 8.26. The summed E-state index contributed by atoms with van der Waals surface area (Å²) in [6.45, 7) is 2.10. The molecule has 1 saturated carbocycles. The number of nitrogens with zero attached hydrogens (tertiary/aromatic N) is 1. The highest BCUT2D eigenvalue weighted by atomic mass is 35.5. The van der Waals surface area contributed by atoms with Crippen LogP contribution >= 0.6 is 11.6 Å². The molecule has 0 bridgehead atoms. The molecule has 1 saturated heterocycles. The Morgan fingerprint density at radius 3 is 3.06 bits per heavy atom. The summed E-state index contributed by atoms with van der Waals surface area (Å²) in [4.78, 5) is 4.24. The van der Waals surface area contributed by atoms with Crippen LogP contribution in [0.25, 0.3) is 0 Å². The third-order valence-corrected chi connectivity index (χ3v) is 4.18. The van der Waals surface area contributed by atoms with Crippen molar-refractivity contribution in [1.29, 1.82) is 0 Å². The van der Waals surface area contributed by atoms with Crippen LogP contribution in [0.4, 0.5) is 5.82 Å². The summed E-state index contributed by atoms with van der Waals surface area (Å²) >= 11 is 5.85. The van der Waals surface area contributed by atoms with E-state index in [0.717, 1.165) is 18.9 Å². The van der Waals surface area contributed by atoms with Crippen molar-refractivity contribution in [3.05, 3.63) is 23.4 Å². The van der Waals surface area contributed by atoms with E-state index in [2.05, 4.69) is 15.6 Å². The molecule has 1 aliphatic carbocycles. The normalized spacial score (nSPS) is 25.8. The zero-order valence-electron chi connectivity index (χ0n) is 9.88. The molecule has 2 fully saturated rings. The Morgan fingerprint density at radius 1 is 1.41 bits per heavy atom. The first-order valence-corrected chi connectivity index (χ1v) is 6.73. The van der Waals surface area contributed by atoms with Gasteiger partial charge in [0.05, 0.1) is 0 Å².